The van der Waals surface area contributed by atoms with E-state index < -0.39 is 0 Å². The second kappa shape index (κ2) is 8.36. The Hall–Kier alpha value is -2.84. The van der Waals surface area contributed by atoms with Crippen molar-refractivity contribution < 1.29 is 14.3 Å². The van der Waals surface area contributed by atoms with Crippen molar-refractivity contribution in [2.75, 3.05) is 33.0 Å². The molecular weight excluding hydrogens is 462 g/mol. The SMILES string of the molecule is O=C(Cn1ccc(=O)c2ccc(Br)cc21)N1CCN(Cc2ccc3c(c2)OCO3)CC1. The Labute approximate surface area is 187 Å². The molecule has 160 valence electrons. The third kappa shape index (κ3) is 4.18. The number of aromatic nitrogens is 1. The van der Waals surface area contributed by atoms with Crippen LogP contribution in [0.3, 0.4) is 0 Å². The van der Waals surface area contributed by atoms with E-state index in [9.17, 15) is 9.59 Å². The van der Waals surface area contributed by atoms with Crippen molar-refractivity contribution in [3.63, 3.8) is 0 Å². The topological polar surface area (TPSA) is 64.0 Å². The highest BCUT2D eigenvalue weighted by Gasteiger charge is 2.22. The molecule has 2 aliphatic heterocycles. The smallest absolute Gasteiger partial charge is 0.242 e. The van der Waals surface area contributed by atoms with E-state index in [1.807, 2.05) is 33.7 Å². The van der Waals surface area contributed by atoms with E-state index in [1.165, 1.54) is 11.6 Å². The maximum Gasteiger partial charge on any atom is 0.242 e. The molecule has 1 amide bonds. The van der Waals surface area contributed by atoms with Crippen LogP contribution < -0.4 is 14.9 Å². The lowest BCUT2D eigenvalue weighted by atomic mass is 10.1. The van der Waals surface area contributed by atoms with Gasteiger partial charge in [0.2, 0.25) is 12.7 Å². The summed E-state index contributed by atoms with van der Waals surface area (Å²) in [6.45, 7) is 4.32. The first-order valence-corrected chi connectivity index (χ1v) is 11.0. The van der Waals surface area contributed by atoms with Gasteiger partial charge in [0, 0.05) is 54.8 Å². The Balaban J connectivity index is 1.22. The zero-order valence-electron chi connectivity index (χ0n) is 16.9. The zero-order chi connectivity index (χ0) is 21.4. The average molecular weight is 484 g/mol. The summed E-state index contributed by atoms with van der Waals surface area (Å²) < 4.78 is 13.6. The summed E-state index contributed by atoms with van der Waals surface area (Å²) in [5, 5.41) is 0.618. The fourth-order valence-corrected chi connectivity index (χ4v) is 4.46. The molecule has 3 aromatic rings. The van der Waals surface area contributed by atoms with E-state index in [-0.39, 0.29) is 24.7 Å². The summed E-state index contributed by atoms with van der Waals surface area (Å²) in [6.07, 6.45) is 1.70. The minimum atomic E-state index is -0.0386. The van der Waals surface area contributed by atoms with Gasteiger partial charge in [-0.3, -0.25) is 14.5 Å². The number of benzene rings is 2. The lowest BCUT2D eigenvalue weighted by molar-refractivity contribution is -0.133. The van der Waals surface area contributed by atoms with Gasteiger partial charge in [-0.1, -0.05) is 22.0 Å². The van der Waals surface area contributed by atoms with Gasteiger partial charge in [-0.2, -0.15) is 0 Å². The fraction of sp³-hybridized carbons (Fsp3) is 0.304. The summed E-state index contributed by atoms with van der Waals surface area (Å²) in [4.78, 5) is 29.3. The number of piperazine rings is 1. The number of ether oxygens (including phenoxy) is 2. The molecule has 0 spiro atoms. The number of nitrogens with zero attached hydrogens (tertiary/aromatic N) is 3. The van der Waals surface area contributed by atoms with E-state index in [4.69, 9.17) is 9.47 Å². The number of rotatable bonds is 4. The van der Waals surface area contributed by atoms with Crippen LogP contribution >= 0.6 is 15.9 Å². The average Bonchev–Trinajstić information content (AvgIpc) is 3.24. The molecule has 0 atom stereocenters. The highest BCUT2D eigenvalue weighted by molar-refractivity contribution is 9.10. The molecule has 8 heteroatoms. The fourth-order valence-electron chi connectivity index (χ4n) is 4.12. The van der Waals surface area contributed by atoms with Gasteiger partial charge in [-0.05, 0) is 35.9 Å². The summed E-state index contributed by atoms with van der Waals surface area (Å²) in [5.41, 5.74) is 1.90. The van der Waals surface area contributed by atoms with Gasteiger partial charge >= 0.3 is 0 Å². The van der Waals surface area contributed by atoms with Crippen LogP contribution in [0, 0.1) is 0 Å². The molecule has 2 aromatic carbocycles. The van der Waals surface area contributed by atoms with E-state index in [0.29, 0.717) is 18.5 Å². The molecule has 0 unspecified atom stereocenters. The summed E-state index contributed by atoms with van der Waals surface area (Å²) in [5.74, 6) is 1.65. The summed E-state index contributed by atoms with van der Waals surface area (Å²) in [6, 6.07) is 13.1. The first kappa shape index (κ1) is 20.1. The number of hydrogen-bond acceptors (Lipinski definition) is 5. The molecule has 0 bridgehead atoms. The van der Waals surface area contributed by atoms with Gasteiger partial charge in [0.1, 0.15) is 6.54 Å². The minimum absolute atomic E-state index is 0.0386. The predicted octanol–water partition coefficient (Wildman–Crippen LogP) is 2.84. The number of fused-ring (bicyclic) bond motifs is 2. The Morgan fingerprint density at radius 1 is 0.968 bits per heavy atom. The molecule has 0 aliphatic carbocycles. The molecule has 1 saturated heterocycles. The zero-order valence-corrected chi connectivity index (χ0v) is 18.5. The third-order valence-corrected chi connectivity index (χ3v) is 6.31. The van der Waals surface area contributed by atoms with Crippen molar-refractivity contribution in [3.8, 4) is 11.5 Å². The highest BCUT2D eigenvalue weighted by atomic mass is 79.9. The quantitative estimate of drug-likeness (QED) is 0.570. The van der Waals surface area contributed by atoms with Crippen molar-refractivity contribution >= 4 is 32.7 Å². The molecule has 3 heterocycles. The van der Waals surface area contributed by atoms with Crippen LogP contribution in [0.15, 0.2) is 57.9 Å². The maximum absolute atomic E-state index is 12.9. The van der Waals surface area contributed by atoms with E-state index in [0.717, 1.165) is 41.1 Å². The van der Waals surface area contributed by atoms with Gasteiger partial charge in [0.05, 0.1) is 5.52 Å². The van der Waals surface area contributed by atoms with E-state index >= 15 is 0 Å². The summed E-state index contributed by atoms with van der Waals surface area (Å²) in [7, 11) is 0. The minimum Gasteiger partial charge on any atom is -0.454 e. The number of carbonyl (C=O) groups excluding carboxylic acids is 1. The van der Waals surface area contributed by atoms with Gasteiger partial charge in [-0.25, -0.2) is 0 Å². The molecule has 2 aliphatic rings. The standard InChI is InChI=1S/C23H22BrN3O4/c24-17-2-3-18-19(12-17)27(6-5-20(18)28)14-23(29)26-9-7-25(8-10-26)13-16-1-4-21-22(11-16)31-15-30-21/h1-6,11-12H,7-10,13-15H2. The van der Waals surface area contributed by atoms with Crippen molar-refractivity contribution in [2.45, 2.75) is 13.1 Å². The van der Waals surface area contributed by atoms with E-state index in [2.05, 4.69) is 26.9 Å². The largest absolute Gasteiger partial charge is 0.454 e. The molecule has 1 aromatic heterocycles. The number of pyridine rings is 1. The Morgan fingerprint density at radius 2 is 1.77 bits per heavy atom. The lowest BCUT2D eigenvalue weighted by Crippen LogP contribution is -2.49. The van der Waals surface area contributed by atoms with Crippen LogP contribution in [0.1, 0.15) is 5.56 Å². The third-order valence-electron chi connectivity index (χ3n) is 5.81. The first-order chi connectivity index (χ1) is 15.1. The van der Waals surface area contributed by atoms with Crippen molar-refractivity contribution in [1.29, 1.82) is 0 Å². The monoisotopic (exact) mass is 483 g/mol. The number of carbonyl (C=O) groups is 1. The van der Waals surface area contributed by atoms with Crippen LogP contribution in [-0.2, 0) is 17.9 Å². The van der Waals surface area contributed by atoms with E-state index in [1.54, 1.807) is 12.3 Å². The second-order valence-corrected chi connectivity index (χ2v) is 8.73. The van der Waals surface area contributed by atoms with Crippen LogP contribution in [0.2, 0.25) is 0 Å². The molecule has 7 nitrogen and oxygen atoms in total. The molecule has 5 rings (SSSR count). The highest BCUT2D eigenvalue weighted by Crippen LogP contribution is 2.32. The number of halogens is 1. The Kier molecular flexibility index (Phi) is 5.41. The number of hydrogen-bond donors (Lipinski definition) is 0. The number of amides is 1. The molecule has 0 N–H and O–H groups in total. The Bertz CT molecular complexity index is 1200. The van der Waals surface area contributed by atoms with Crippen LogP contribution in [0.25, 0.3) is 10.9 Å². The van der Waals surface area contributed by atoms with Crippen molar-refractivity contribution in [3.05, 3.63) is 68.9 Å². The van der Waals surface area contributed by atoms with Crippen LogP contribution in [-0.4, -0.2) is 53.2 Å². The second-order valence-electron chi connectivity index (χ2n) is 7.81. The van der Waals surface area contributed by atoms with Gasteiger partial charge in [-0.15, -0.1) is 0 Å². The normalized spacial score (nSPS) is 16.1. The van der Waals surface area contributed by atoms with Crippen LogP contribution in [0.5, 0.6) is 11.5 Å². The molecule has 1 fully saturated rings. The van der Waals surface area contributed by atoms with Crippen molar-refractivity contribution in [2.24, 2.45) is 0 Å². The first-order valence-electron chi connectivity index (χ1n) is 10.2. The van der Waals surface area contributed by atoms with Gasteiger partial charge in [0.25, 0.3) is 0 Å². The van der Waals surface area contributed by atoms with Crippen molar-refractivity contribution in [1.82, 2.24) is 14.4 Å². The molecule has 0 radical (unpaired) electrons. The maximum atomic E-state index is 12.9. The predicted molar refractivity (Wildman–Crippen MR) is 120 cm³/mol. The Morgan fingerprint density at radius 3 is 2.61 bits per heavy atom. The molecule has 0 saturated carbocycles. The van der Waals surface area contributed by atoms with Gasteiger partial charge < -0.3 is 18.9 Å². The molecular formula is C23H22BrN3O4. The summed E-state index contributed by atoms with van der Waals surface area (Å²) >= 11 is 3.45. The van der Waals surface area contributed by atoms with Gasteiger partial charge in [0.15, 0.2) is 16.9 Å². The lowest BCUT2D eigenvalue weighted by Gasteiger charge is -2.35. The molecule has 31 heavy (non-hydrogen) atoms. The van der Waals surface area contributed by atoms with Crippen LogP contribution in [0.4, 0.5) is 0 Å².